The zero-order valence-electron chi connectivity index (χ0n) is 7.39. The summed E-state index contributed by atoms with van der Waals surface area (Å²) >= 11 is 0. The SMILES string of the molecule is CC(C)NC1(CN)CCOC1. The quantitative estimate of drug-likeness (QED) is 0.612. The van der Waals surface area contributed by atoms with Crippen LogP contribution in [0.4, 0.5) is 0 Å². The van der Waals surface area contributed by atoms with Gasteiger partial charge in [-0.1, -0.05) is 13.8 Å². The molecule has 0 amide bonds. The van der Waals surface area contributed by atoms with Crippen LogP contribution in [0.15, 0.2) is 0 Å². The van der Waals surface area contributed by atoms with Gasteiger partial charge in [0.05, 0.1) is 12.1 Å². The molecule has 0 spiro atoms. The lowest BCUT2D eigenvalue weighted by Crippen LogP contribution is -2.54. The van der Waals surface area contributed by atoms with Crippen LogP contribution in [0.25, 0.3) is 0 Å². The summed E-state index contributed by atoms with van der Waals surface area (Å²) in [6.07, 6.45) is 1.04. The molecule has 11 heavy (non-hydrogen) atoms. The topological polar surface area (TPSA) is 47.3 Å². The summed E-state index contributed by atoms with van der Waals surface area (Å²) < 4.78 is 5.31. The molecule has 0 saturated carbocycles. The molecule has 0 radical (unpaired) electrons. The first-order valence-electron chi connectivity index (χ1n) is 4.24. The molecule has 1 atom stereocenters. The third kappa shape index (κ3) is 2.15. The van der Waals surface area contributed by atoms with Crippen molar-refractivity contribution in [1.82, 2.24) is 5.32 Å². The number of hydrogen-bond donors (Lipinski definition) is 2. The van der Waals surface area contributed by atoms with Gasteiger partial charge in [0.15, 0.2) is 0 Å². The highest BCUT2D eigenvalue weighted by atomic mass is 16.5. The summed E-state index contributed by atoms with van der Waals surface area (Å²) in [5.41, 5.74) is 5.74. The van der Waals surface area contributed by atoms with Gasteiger partial charge in [0.25, 0.3) is 0 Å². The van der Waals surface area contributed by atoms with Crippen molar-refractivity contribution in [1.29, 1.82) is 0 Å². The molecule has 1 aliphatic heterocycles. The van der Waals surface area contributed by atoms with Crippen LogP contribution in [0.5, 0.6) is 0 Å². The van der Waals surface area contributed by atoms with Gasteiger partial charge >= 0.3 is 0 Å². The Hall–Kier alpha value is -0.120. The number of nitrogens with two attached hydrogens (primary N) is 1. The number of nitrogens with one attached hydrogen (secondary N) is 1. The molecule has 1 rings (SSSR count). The van der Waals surface area contributed by atoms with Gasteiger partial charge < -0.3 is 15.8 Å². The lowest BCUT2D eigenvalue weighted by molar-refractivity contribution is 0.165. The Morgan fingerprint density at radius 3 is 2.73 bits per heavy atom. The van der Waals surface area contributed by atoms with Crippen LogP contribution in [0.2, 0.25) is 0 Å². The van der Waals surface area contributed by atoms with E-state index in [1.165, 1.54) is 0 Å². The van der Waals surface area contributed by atoms with Crippen LogP contribution in [0, 0.1) is 0 Å². The molecule has 3 heteroatoms. The van der Waals surface area contributed by atoms with Crippen molar-refractivity contribution in [2.24, 2.45) is 5.73 Å². The van der Waals surface area contributed by atoms with Crippen LogP contribution in [-0.4, -0.2) is 31.3 Å². The standard InChI is InChI=1S/C8H18N2O/c1-7(2)10-8(5-9)3-4-11-6-8/h7,10H,3-6,9H2,1-2H3. The third-order valence-corrected chi connectivity index (χ3v) is 2.09. The van der Waals surface area contributed by atoms with Gasteiger partial charge in [-0.05, 0) is 6.42 Å². The average molecular weight is 158 g/mol. The Kier molecular flexibility index (Phi) is 2.87. The fourth-order valence-electron chi connectivity index (χ4n) is 1.55. The van der Waals surface area contributed by atoms with Gasteiger partial charge in [-0.15, -0.1) is 0 Å². The molecule has 3 nitrogen and oxygen atoms in total. The van der Waals surface area contributed by atoms with Crippen molar-refractivity contribution in [3.63, 3.8) is 0 Å². The molecule has 0 aromatic heterocycles. The molecular formula is C8H18N2O. The summed E-state index contributed by atoms with van der Waals surface area (Å²) in [4.78, 5) is 0. The molecule has 3 N–H and O–H groups in total. The van der Waals surface area contributed by atoms with Crippen molar-refractivity contribution in [2.75, 3.05) is 19.8 Å². The number of rotatable bonds is 3. The van der Waals surface area contributed by atoms with Crippen molar-refractivity contribution in [2.45, 2.75) is 31.8 Å². The Morgan fingerprint density at radius 1 is 1.64 bits per heavy atom. The van der Waals surface area contributed by atoms with E-state index >= 15 is 0 Å². The number of hydrogen-bond acceptors (Lipinski definition) is 3. The second-order valence-electron chi connectivity index (χ2n) is 3.59. The van der Waals surface area contributed by atoms with Gasteiger partial charge in [0, 0.05) is 19.2 Å². The zero-order valence-corrected chi connectivity index (χ0v) is 7.39. The van der Waals surface area contributed by atoms with Crippen molar-refractivity contribution >= 4 is 0 Å². The Morgan fingerprint density at radius 2 is 2.36 bits per heavy atom. The first kappa shape index (κ1) is 8.97. The molecular weight excluding hydrogens is 140 g/mol. The first-order valence-corrected chi connectivity index (χ1v) is 4.24. The lowest BCUT2D eigenvalue weighted by atomic mass is 9.98. The third-order valence-electron chi connectivity index (χ3n) is 2.09. The summed E-state index contributed by atoms with van der Waals surface area (Å²) in [5, 5.41) is 3.45. The van der Waals surface area contributed by atoms with Crippen LogP contribution < -0.4 is 11.1 Å². The predicted molar refractivity (Wildman–Crippen MR) is 45.5 cm³/mol. The molecule has 0 aliphatic carbocycles. The maximum Gasteiger partial charge on any atom is 0.0661 e. The van der Waals surface area contributed by atoms with Gasteiger partial charge in [-0.2, -0.15) is 0 Å². The molecule has 1 aliphatic rings. The van der Waals surface area contributed by atoms with Gasteiger partial charge in [-0.25, -0.2) is 0 Å². The van der Waals surface area contributed by atoms with E-state index in [9.17, 15) is 0 Å². The van der Waals surface area contributed by atoms with E-state index < -0.39 is 0 Å². The fraction of sp³-hybridized carbons (Fsp3) is 1.00. The van der Waals surface area contributed by atoms with E-state index in [1.54, 1.807) is 0 Å². The first-order chi connectivity index (χ1) is 5.18. The Balaban J connectivity index is 2.45. The van der Waals surface area contributed by atoms with E-state index in [-0.39, 0.29) is 5.54 Å². The van der Waals surface area contributed by atoms with Crippen molar-refractivity contribution < 1.29 is 4.74 Å². The van der Waals surface area contributed by atoms with Crippen LogP contribution in [0.1, 0.15) is 20.3 Å². The van der Waals surface area contributed by atoms with Crippen molar-refractivity contribution in [3.8, 4) is 0 Å². The second kappa shape index (κ2) is 3.52. The maximum absolute atomic E-state index is 5.67. The van der Waals surface area contributed by atoms with Gasteiger partial charge in [0.2, 0.25) is 0 Å². The summed E-state index contributed by atoms with van der Waals surface area (Å²) in [7, 11) is 0. The van der Waals surface area contributed by atoms with Gasteiger partial charge in [0.1, 0.15) is 0 Å². The zero-order chi connectivity index (χ0) is 8.32. The molecule has 0 aromatic rings. The van der Waals surface area contributed by atoms with Crippen LogP contribution >= 0.6 is 0 Å². The minimum atomic E-state index is 0.0637. The normalized spacial score (nSPS) is 31.6. The molecule has 0 bridgehead atoms. The molecule has 1 unspecified atom stereocenters. The minimum absolute atomic E-state index is 0.0637. The minimum Gasteiger partial charge on any atom is -0.379 e. The predicted octanol–water partition coefficient (Wildman–Crippen LogP) is 0.102. The highest BCUT2D eigenvalue weighted by Gasteiger charge is 2.33. The van der Waals surface area contributed by atoms with Crippen LogP contribution in [0.3, 0.4) is 0 Å². The molecule has 1 fully saturated rings. The van der Waals surface area contributed by atoms with E-state index in [0.29, 0.717) is 12.6 Å². The highest BCUT2D eigenvalue weighted by Crippen LogP contribution is 2.17. The smallest absolute Gasteiger partial charge is 0.0661 e. The van der Waals surface area contributed by atoms with Crippen LogP contribution in [-0.2, 0) is 4.74 Å². The lowest BCUT2D eigenvalue weighted by Gasteiger charge is -2.29. The second-order valence-corrected chi connectivity index (χ2v) is 3.59. The van der Waals surface area contributed by atoms with E-state index in [2.05, 4.69) is 19.2 Å². The fourth-order valence-corrected chi connectivity index (χ4v) is 1.55. The molecule has 1 saturated heterocycles. The van der Waals surface area contributed by atoms with E-state index in [4.69, 9.17) is 10.5 Å². The summed E-state index contributed by atoms with van der Waals surface area (Å²) in [5.74, 6) is 0. The average Bonchev–Trinajstić information content (AvgIpc) is 2.36. The Bertz CT molecular complexity index is 119. The molecule has 0 aromatic carbocycles. The summed E-state index contributed by atoms with van der Waals surface area (Å²) in [6.45, 7) is 6.55. The summed E-state index contributed by atoms with van der Waals surface area (Å²) in [6, 6.07) is 0.486. The van der Waals surface area contributed by atoms with Gasteiger partial charge in [-0.3, -0.25) is 0 Å². The molecule has 66 valence electrons. The monoisotopic (exact) mass is 158 g/mol. The highest BCUT2D eigenvalue weighted by molar-refractivity contribution is 4.93. The van der Waals surface area contributed by atoms with E-state index in [1.807, 2.05) is 0 Å². The molecule has 1 heterocycles. The maximum atomic E-state index is 5.67. The Labute approximate surface area is 68.3 Å². The number of ether oxygens (including phenoxy) is 1. The van der Waals surface area contributed by atoms with Crippen molar-refractivity contribution in [3.05, 3.63) is 0 Å². The largest absolute Gasteiger partial charge is 0.379 e. The van der Waals surface area contributed by atoms with E-state index in [0.717, 1.165) is 19.6 Å².